The number of nitrogens with zero attached hydrogens (tertiary/aromatic N) is 1. The van der Waals surface area contributed by atoms with Crippen LogP contribution in [0.5, 0.6) is 0 Å². The summed E-state index contributed by atoms with van der Waals surface area (Å²) < 4.78 is 5.81. The maximum absolute atomic E-state index is 13.9. The van der Waals surface area contributed by atoms with Gasteiger partial charge in [-0.25, -0.2) is 0 Å². The molecule has 0 bridgehead atoms. The first-order valence-electron chi connectivity index (χ1n) is 12.6. The van der Waals surface area contributed by atoms with Crippen molar-refractivity contribution in [2.75, 3.05) is 0 Å². The van der Waals surface area contributed by atoms with Crippen LogP contribution in [0, 0.1) is 17.3 Å². The molecule has 3 atom stereocenters. The van der Waals surface area contributed by atoms with Crippen LogP contribution < -0.4 is 0 Å². The van der Waals surface area contributed by atoms with E-state index in [9.17, 15) is 14.7 Å². The van der Waals surface area contributed by atoms with Crippen LogP contribution in [0.3, 0.4) is 0 Å². The number of esters is 1. The first-order chi connectivity index (χ1) is 17.7. The molecule has 3 rings (SSSR count). The van der Waals surface area contributed by atoms with Crippen molar-refractivity contribution in [1.29, 1.82) is 0 Å². The minimum atomic E-state index is -1.06. The van der Waals surface area contributed by atoms with Gasteiger partial charge in [-0.3, -0.25) is 14.5 Å². The Morgan fingerprint density at radius 1 is 0.838 bits per heavy atom. The maximum Gasteiger partial charge on any atom is 0.324 e. The molecule has 0 aromatic heterocycles. The maximum atomic E-state index is 13.9. The fourth-order valence-electron chi connectivity index (χ4n) is 4.75. The molecule has 0 spiro atoms. The van der Waals surface area contributed by atoms with E-state index in [0.717, 1.165) is 16.7 Å². The molecular formula is C32H37NO4. The molecule has 3 aromatic carbocycles. The van der Waals surface area contributed by atoms with E-state index in [0.29, 0.717) is 13.1 Å². The molecule has 0 saturated carbocycles. The van der Waals surface area contributed by atoms with E-state index in [2.05, 4.69) is 6.58 Å². The Morgan fingerprint density at radius 3 is 1.65 bits per heavy atom. The highest BCUT2D eigenvalue weighted by Gasteiger charge is 2.46. The van der Waals surface area contributed by atoms with E-state index in [-0.39, 0.29) is 6.61 Å². The molecule has 0 aliphatic carbocycles. The van der Waals surface area contributed by atoms with Gasteiger partial charge in [0.1, 0.15) is 12.6 Å². The van der Waals surface area contributed by atoms with E-state index in [1.165, 1.54) is 0 Å². The number of carbonyl (C=O) groups excluding carboxylic acids is 1. The van der Waals surface area contributed by atoms with Gasteiger partial charge in [0.15, 0.2) is 0 Å². The third-order valence-electron chi connectivity index (χ3n) is 6.58. The number of carboxylic acid groups (broad SMARTS) is 1. The van der Waals surface area contributed by atoms with Gasteiger partial charge in [-0.15, -0.1) is 6.58 Å². The highest BCUT2D eigenvalue weighted by atomic mass is 16.5. The van der Waals surface area contributed by atoms with Crippen molar-refractivity contribution in [3.05, 3.63) is 120 Å². The fraction of sp³-hybridized carbons (Fsp3) is 0.312. The zero-order valence-corrected chi connectivity index (χ0v) is 21.9. The van der Waals surface area contributed by atoms with Crippen LogP contribution in [0.25, 0.3) is 0 Å². The summed E-state index contributed by atoms with van der Waals surface area (Å²) >= 11 is 0. The zero-order valence-electron chi connectivity index (χ0n) is 21.9. The van der Waals surface area contributed by atoms with Crippen LogP contribution in [-0.2, 0) is 34.0 Å². The van der Waals surface area contributed by atoms with Crippen molar-refractivity contribution < 1.29 is 19.4 Å². The van der Waals surface area contributed by atoms with Crippen molar-refractivity contribution in [3.8, 4) is 0 Å². The van der Waals surface area contributed by atoms with Gasteiger partial charge in [-0.1, -0.05) is 118 Å². The summed E-state index contributed by atoms with van der Waals surface area (Å²) in [6, 6.07) is 27.9. The summed E-state index contributed by atoms with van der Waals surface area (Å²) in [5.74, 6) is -3.15. The number of carboxylic acids is 1. The van der Waals surface area contributed by atoms with Gasteiger partial charge in [0.25, 0.3) is 0 Å². The van der Waals surface area contributed by atoms with E-state index in [1.54, 1.807) is 6.08 Å². The molecule has 0 fully saturated rings. The van der Waals surface area contributed by atoms with Crippen LogP contribution in [-0.4, -0.2) is 28.0 Å². The molecular weight excluding hydrogens is 462 g/mol. The van der Waals surface area contributed by atoms with Crippen LogP contribution >= 0.6 is 0 Å². The molecule has 0 saturated heterocycles. The Kier molecular flexibility index (Phi) is 9.81. The first-order valence-corrected chi connectivity index (χ1v) is 12.6. The van der Waals surface area contributed by atoms with Crippen LogP contribution in [0.2, 0.25) is 0 Å². The molecule has 0 amide bonds. The van der Waals surface area contributed by atoms with Gasteiger partial charge in [-0.05, 0) is 28.0 Å². The number of hydrogen-bond donors (Lipinski definition) is 1. The number of ether oxygens (including phenoxy) is 1. The molecule has 5 nitrogen and oxygen atoms in total. The minimum absolute atomic E-state index is 0.0707. The predicted molar refractivity (Wildman–Crippen MR) is 146 cm³/mol. The van der Waals surface area contributed by atoms with Crippen LogP contribution in [0.1, 0.15) is 37.5 Å². The fourth-order valence-corrected chi connectivity index (χ4v) is 4.75. The molecule has 194 valence electrons. The number of aliphatic carboxylic acids is 1. The van der Waals surface area contributed by atoms with Crippen LogP contribution in [0.15, 0.2) is 104 Å². The lowest BCUT2D eigenvalue weighted by Crippen LogP contribution is -2.53. The Morgan fingerprint density at radius 2 is 1.27 bits per heavy atom. The molecule has 3 aromatic rings. The molecule has 5 heteroatoms. The summed E-state index contributed by atoms with van der Waals surface area (Å²) in [4.78, 5) is 28.7. The van der Waals surface area contributed by atoms with Crippen molar-refractivity contribution >= 4 is 11.9 Å². The molecule has 0 radical (unpaired) electrons. The van der Waals surface area contributed by atoms with E-state index >= 15 is 0 Å². The van der Waals surface area contributed by atoms with Crippen molar-refractivity contribution in [2.45, 2.75) is 46.5 Å². The second kappa shape index (κ2) is 13.0. The number of benzene rings is 3. The Bertz CT molecular complexity index is 1100. The quantitative estimate of drug-likeness (QED) is 0.232. The van der Waals surface area contributed by atoms with Gasteiger partial charge in [-0.2, -0.15) is 0 Å². The number of hydrogen-bond acceptors (Lipinski definition) is 4. The predicted octanol–water partition coefficient (Wildman–Crippen LogP) is 6.35. The van der Waals surface area contributed by atoms with Gasteiger partial charge in [0.2, 0.25) is 0 Å². The summed E-state index contributed by atoms with van der Waals surface area (Å²) in [6.07, 6.45) is 1.67. The van der Waals surface area contributed by atoms with E-state index in [1.807, 2.05) is 117 Å². The topological polar surface area (TPSA) is 66.8 Å². The van der Waals surface area contributed by atoms with E-state index in [4.69, 9.17) is 4.74 Å². The Labute approximate surface area is 220 Å². The molecule has 0 aliphatic heterocycles. The normalized spacial score (nSPS) is 13.9. The van der Waals surface area contributed by atoms with Crippen molar-refractivity contribution in [1.82, 2.24) is 4.90 Å². The number of carbonyl (C=O) groups is 2. The second-order valence-corrected chi connectivity index (χ2v) is 10.4. The Balaban J connectivity index is 2.07. The summed E-state index contributed by atoms with van der Waals surface area (Å²) in [6.45, 7) is 10.7. The van der Waals surface area contributed by atoms with E-state index < -0.39 is 35.2 Å². The average molecular weight is 500 g/mol. The smallest absolute Gasteiger partial charge is 0.324 e. The summed E-state index contributed by atoms with van der Waals surface area (Å²) in [7, 11) is 0. The third kappa shape index (κ3) is 7.89. The van der Waals surface area contributed by atoms with Crippen molar-refractivity contribution in [2.24, 2.45) is 17.3 Å². The lowest BCUT2D eigenvalue weighted by atomic mass is 9.70. The summed E-state index contributed by atoms with van der Waals surface area (Å²) in [5, 5.41) is 10.5. The average Bonchev–Trinajstić information content (AvgIpc) is 2.88. The number of allylic oxidation sites excluding steroid dienone is 1. The minimum Gasteiger partial charge on any atom is -0.481 e. The molecule has 37 heavy (non-hydrogen) atoms. The van der Waals surface area contributed by atoms with Gasteiger partial charge < -0.3 is 9.84 Å². The van der Waals surface area contributed by atoms with Gasteiger partial charge in [0, 0.05) is 13.1 Å². The monoisotopic (exact) mass is 499 g/mol. The highest BCUT2D eigenvalue weighted by Crippen LogP contribution is 2.38. The third-order valence-corrected chi connectivity index (χ3v) is 6.58. The van der Waals surface area contributed by atoms with Gasteiger partial charge >= 0.3 is 11.9 Å². The molecule has 0 heterocycles. The lowest BCUT2D eigenvalue weighted by molar-refractivity contribution is -0.164. The highest BCUT2D eigenvalue weighted by molar-refractivity contribution is 5.84. The summed E-state index contributed by atoms with van der Waals surface area (Å²) in [5.41, 5.74) is 2.37. The number of rotatable bonds is 12. The molecule has 2 unspecified atom stereocenters. The second-order valence-electron chi connectivity index (χ2n) is 10.4. The van der Waals surface area contributed by atoms with Gasteiger partial charge in [0.05, 0.1) is 5.92 Å². The molecule has 1 N–H and O–H groups in total. The van der Waals surface area contributed by atoms with Crippen molar-refractivity contribution in [3.63, 3.8) is 0 Å². The zero-order chi connectivity index (χ0) is 26.8. The largest absolute Gasteiger partial charge is 0.481 e. The first kappa shape index (κ1) is 27.9. The van der Waals surface area contributed by atoms with Crippen LogP contribution in [0.4, 0.5) is 0 Å². The SMILES string of the molecule is C=CC(C(C(=O)O)[C@@H](C(=O)OCc1ccccc1)N(Cc1ccccc1)Cc1ccccc1)C(C)(C)C. The Hall–Kier alpha value is -3.70. The molecule has 0 aliphatic rings. The lowest BCUT2D eigenvalue weighted by Gasteiger charge is -2.40. The standard InChI is InChI=1S/C32H37NO4/c1-5-27(32(2,3)4)28(30(34)35)29(31(36)37-23-26-19-13-8-14-20-26)33(21-24-15-9-6-10-16-24)22-25-17-11-7-12-18-25/h5-20,27-29H,1,21-23H2,2-4H3,(H,34,35)/t27?,28?,29-/m0/s1.